The summed E-state index contributed by atoms with van der Waals surface area (Å²) < 4.78 is 10.1. The van der Waals surface area contributed by atoms with E-state index in [-0.39, 0.29) is 12.5 Å². The Labute approximate surface area is 159 Å². The van der Waals surface area contributed by atoms with E-state index in [9.17, 15) is 9.59 Å². The maximum absolute atomic E-state index is 12.9. The number of cyclic esters (lactones) is 1. The van der Waals surface area contributed by atoms with Gasteiger partial charge in [0.05, 0.1) is 13.7 Å². The zero-order valence-electron chi connectivity index (χ0n) is 15.7. The van der Waals surface area contributed by atoms with Crippen LogP contribution in [0, 0.1) is 6.92 Å². The quantitative estimate of drug-likeness (QED) is 0.754. The van der Waals surface area contributed by atoms with Crippen LogP contribution in [0.2, 0.25) is 0 Å². The van der Waals surface area contributed by atoms with E-state index in [4.69, 9.17) is 9.47 Å². The van der Waals surface area contributed by atoms with Gasteiger partial charge in [-0.3, -0.25) is 9.69 Å². The van der Waals surface area contributed by atoms with Crippen LogP contribution in [-0.2, 0) is 22.6 Å². The molecule has 1 fully saturated rings. The van der Waals surface area contributed by atoms with E-state index < -0.39 is 6.09 Å². The lowest BCUT2D eigenvalue weighted by atomic mass is 10.1. The van der Waals surface area contributed by atoms with Gasteiger partial charge in [-0.2, -0.15) is 0 Å². The second kappa shape index (κ2) is 8.58. The van der Waals surface area contributed by atoms with Gasteiger partial charge in [-0.15, -0.1) is 0 Å². The average Bonchev–Trinajstić information content (AvgIpc) is 3.06. The first-order valence-corrected chi connectivity index (χ1v) is 8.93. The molecule has 1 saturated heterocycles. The summed E-state index contributed by atoms with van der Waals surface area (Å²) in [7, 11) is 1.62. The lowest BCUT2D eigenvalue weighted by molar-refractivity contribution is -0.133. The molecule has 1 aliphatic rings. The maximum Gasteiger partial charge on any atom is 0.410 e. The molecule has 0 spiro atoms. The number of hydrogen-bond donors (Lipinski definition) is 0. The van der Waals surface area contributed by atoms with Crippen LogP contribution >= 0.6 is 0 Å². The summed E-state index contributed by atoms with van der Waals surface area (Å²) in [6.45, 7) is 3.78. The van der Waals surface area contributed by atoms with Crippen molar-refractivity contribution in [1.29, 1.82) is 0 Å². The van der Waals surface area contributed by atoms with Crippen LogP contribution in [-0.4, -0.2) is 48.6 Å². The number of hydrogen-bond acceptors (Lipinski definition) is 4. The first-order chi connectivity index (χ1) is 13.0. The highest BCUT2D eigenvalue weighted by Gasteiger charge is 2.26. The molecule has 1 heterocycles. The van der Waals surface area contributed by atoms with Crippen molar-refractivity contribution in [3.63, 3.8) is 0 Å². The number of carbonyl (C=O) groups excluding carboxylic acids is 2. The molecular weight excluding hydrogens is 344 g/mol. The lowest BCUT2D eigenvalue weighted by Crippen LogP contribution is -2.40. The average molecular weight is 368 g/mol. The Balaban J connectivity index is 1.76. The van der Waals surface area contributed by atoms with E-state index in [1.54, 1.807) is 12.0 Å². The van der Waals surface area contributed by atoms with E-state index in [1.165, 1.54) is 4.90 Å². The van der Waals surface area contributed by atoms with Crippen molar-refractivity contribution in [2.24, 2.45) is 0 Å². The Bertz CT molecular complexity index is 804. The second-order valence-corrected chi connectivity index (χ2v) is 6.62. The van der Waals surface area contributed by atoms with E-state index in [0.717, 1.165) is 22.4 Å². The number of aryl methyl sites for hydroxylation is 1. The molecule has 0 radical (unpaired) electrons. The summed E-state index contributed by atoms with van der Waals surface area (Å²) >= 11 is 0. The molecule has 2 aromatic rings. The van der Waals surface area contributed by atoms with Gasteiger partial charge in [0.15, 0.2) is 0 Å². The van der Waals surface area contributed by atoms with Gasteiger partial charge in [-0.05, 0) is 30.2 Å². The first kappa shape index (κ1) is 18.8. The largest absolute Gasteiger partial charge is 0.497 e. The van der Waals surface area contributed by atoms with Crippen molar-refractivity contribution in [3.05, 3.63) is 65.2 Å². The molecule has 6 nitrogen and oxygen atoms in total. The third-order valence-electron chi connectivity index (χ3n) is 4.51. The van der Waals surface area contributed by atoms with Crippen LogP contribution in [0.5, 0.6) is 5.75 Å². The molecule has 1 aliphatic heterocycles. The number of ether oxygens (including phenoxy) is 2. The zero-order valence-corrected chi connectivity index (χ0v) is 15.7. The molecular formula is C21H24N2O4. The molecule has 2 amide bonds. The fourth-order valence-electron chi connectivity index (χ4n) is 3.05. The number of benzene rings is 2. The predicted octanol–water partition coefficient (Wildman–Crippen LogP) is 2.98. The third-order valence-corrected chi connectivity index (χ3v) is 4.51. The predicted molar refractivity (Wildman–Crippen MR) is 101 cm³/mol. The highest BCUT2D eigenvalue weighted by atomic mass is 16.6. The molecule has 0 aromatic heterocycles. The van der Waals surface area contributed by atoms with Gasteiger partial charge in [0, 0.05) is 13.1 Å². The Morgan fingerprint density at radius 2 is 1.89 bits per heavy atom. The lowest BCUT2D eigenvalue weighted by Gasteiger charge is -2.25. The van der Waals surface area contributed by atoms with E-state index in [1.807, 2.05) is 49.4 Å². The number of carbonyl (C=O) groups is 2. The van der Waals surface area contributed by atoms with Gasteiger partial charge >= 0.3 is 6.09 Å². The van der Waals surface area contributed by atoms with Gasteiger partial charge in [0.25, 0.3) is 0 Å². The molecule has 0 N–H and O–H groups in total. The molecule has 0 aliphatic carbocycles. The highest BCUT2D eigenvalue weighted by Crippen LogP contribution is 2.16. The van der Waals surface area contributed by atoms with Crippen LogP contribution in [0.15, 0.2) is 48.5 Å². The summed E-state index contributed by atoms with van der Waals surface area (Å²) in [5.41, 5.74) is 3.20. The third kappa shape index (κ3) is 5.00. The molecule has 0 saturated carbocycles. The fourth-order valence-corrected chi connectivity index (χ4v) is 3.05. The Morgan fingerprint density at radius 3 is 2.52 bits per heavy atom. The SMILES string of the molecule is COc1ccc(CN(Cc2cccc(C)c2)C(=O)CN2CCOC2=O)cc1. The number of nitrogens with zero attached hydrogens (tertiary/aromatic N) is 2. The molecule has 2 aromatic carbocycles. The Hall–Kier alpha value is -3.02. The van der Waals surface area contributed by atoms with E-state index in [0.29, 0.717) is 26.2 Å². The number of methoxy groups -OCH3 is 1. The van der Waals surface area contributed by atoms with Crippen LogP contribution in [0.25, 0.3) is 0 Å². The zero-order chi connectivity index (χ0) is 19.2. The first-order valence-electron chi connectivity index (χ1n) is 8.93. The minimum atomic E-state index is -0.427. The van der Waals surface area contributed by atoms with Crippen molar-refractivity contribution in [2.75, 3.05) is 26.8 Å². The molecule has 3 rings (SSSR count). The van der Waals surface area contributed by atoms with Gasteiger partial charge < -0.3 is 14.4 Å². The maximum atomic E-state index is 12.9. The van der Waals surface area contributed by atoms with Crippen molar-refractivity contribution < 1.29 is 19.1 Å². The van der Waals surface area contributed by atoms with Crippen LogP contribution in [0.4, 0.5) is 4.79 Å². The Morgan fingerprint density at radius 1 is 1.15 bits per heavy atom. The van der Waals surface area contributed by atoms with E-state index in [2.05, 4.69) is 6.07 Å². The molecule has 142 valence electrons. The molecule has 0 bridgehead atoms. The van der Waals surface area contributed by atoms with Crippen molar-refractivity contribution >= 4 is 12.0 Å². The smallest absolute Gasteiger partial charge is 0.410 e. The van der Waals surface area contributed by atoms with Crippen molar-refractivity contribution in [3.8, 4) is 5.75 Å². The van der Waals surface area contributed by atoms with Crippen LogP contribution < -0.4 is 4.74 Å². The molecule has 27 heavy (non-hydrogen) atoms. The van der Waals surface area contributed by atoms with Crippen molar-refractivity contribution in [2.45, 2.75) is 20.0 Å². The molecule has 0 unspecified atom stereocenters. The summed E-state index contributed by atoms with van der Waals surface area (Å²) in [6, 6.07) is 15.7. The van der Waals surface area contributed by atoms with Gasteiger partial charge in [-0.25, -0.2) is 4.79 Å². The summed E-state index contributed by atoms with van der Waals surface area (Å²) in [5, 5.41) is 0. The van der Waals surface area contributed by atoms with Gasteiger partial charge in [0.2, 0.25) is 5.91 Å². The summed E-state index contributed by atoms with van der Waals surface area (Å²) in [6.07, 6.45) is -0.427. The summed E-state index contributed by atoms with van der Waals surface area (Å²) in [4.78, 5) is 27.8. The second-order valence-electron chi connectivity index (χ2n) is 6.62. The highest BCUT2D eigenvalue weighted by molar-refractivity contribution is 5.83. The van der Waals surface area contributed by atoms with Crippen LogP contribution in [0.3, 0.4) is 0 Å². The number of rotatable bonds is 7. The van der Waals surface area contributed by atoms with E-state index >= 15 is 0 Å². The summed E-state index contributed by atoms with van der Waals surface area (Å²) in [5.74, 6) is 0.668. The van der Waals surface area contributed by atoms with Crippen molar-refractivity contribution in [1.82, 2.24) is 9.80 Å². The van der Waals surface area contributed by atoms with Gasteiger partial charge in [-0.1, -0.05) is 42.0 Å². The topological polar surface area (TPSA) is 59.1 Å². The minimum Gasteiger partial charge on any atom is -0.497 e. The minimum absolute atomic E-state index is 0.0286. The number of amides is 2. The standard InChI is InChI=1S/C21H24N2O4/c1-16-4-3-5-18(12-16)14-23(13-17-6-8-19(26-2)9-7-17)20(24)15-22-10-11-27-21(22)25/h3-9,12H,10-11,13-15H2,1-2H3. The normalized spacial score (nSPS) is 13.4. The fraction of sp³-hybridized carbons (Fsp3) is 0.333. The molecule has 0 atom stereocenters. The Kier molecular flexibility index (Phi) is 5.96. The monoisotopic (exact) mass is 368 g/mol. The molecule has 6 heteroatoms. The van der Waals surface area contributed by atoms with Crippen LogP contribution in [0.1, 0.15) is 16.7 Å². The van der Waals surface area contributed by atoms with Gasteiger partial charge in [0.1, 0.15) is 18.9 Å².